The topological polar surface area (TPSA) is 61.7 Å². The second-order valence-corrected chi connectivity index (χ2v) is 6.49. The van der Waals surface area contributed by atoms with Crippen molar-refractivity contribution in [1.82, 2.24) is 14.7 Å². The summed E-state index contributed by atoms with van der Waals surface area (Å²) in [6.45, 7) is 4.95. The minimum Gasteiger partial charge on any atom is -0.370 e. The van der Waals surface area contributed by atoms with Gasteiger partial charge in [-0.1, -0.05) is 18.2 Å². The van der Waals surface area contributed by atoms with Crippen LogP contribution in [-0.2, 0) is 6.42 Å². The van der Waals surface area contributed by atoms with Crippen molar-refractivity contribution in [2.24, 2.45) is 0 Å². The second-order valence-electron chi connectivity index (χ2n) is 6.49. The lowest BCUT2D eigenvalue weighted by atomic mass is 10.1. The molecule has 0 spiro atoms. The molecule has 0 aliphatic carbocycles. The molecular formula is C20H23N5O. The van der Waals surface area contributed by atoms with Gasteiger partial charge in [0.15, 0.2) is 0 Å². The lowest BCUT2D eigenvalue weighted by Gasteiger charge is -2.29. The highest BCUT2D eigenvalue weighted by molar-refractivity contribution is 5.49. The van der Waals surface area contributed by atoms with E-state index in [2.05, 4.69) is 44.8 Å². The van der Waals surface area contributed by atoms with Crippen LogP contribution in [0.15, 0.2) is 59.5 Å². The summed E-state index contributed by atoms with van der Waals surface area (Å²) in [6.07, 6.45) is 2.62. The zero-order valence-electron chi connectivity index (χ0n) is 14.7. The second kappa shape index (κ2) is 7.58. The van der Waals surface area contributed by atoms with Gasteiger partial charge in [0, 0.05) is 50.7 Å². The van der Waals surface area contributed by atoms with Crippen LogP contribution in [0.2, 0.25) is 0 Å². The molecule has 0 atom stereocenters. The molecule has 3 heterocycles. The van der Waals surface area contributed by atoms with Gasteiger partial charge in [-0.05, 0) is 36.2 Å². The van der Waals surface area contributed by atoms with Crippen LogP contribution in [0.3, 0.4) is 0 Å². The van der Waals surface area contributed by atoms with Crippen LogP contribution in [0.25, 0.3) is 5.65 Å². The number of fused-ring (bicyclic) bond motifs is 1. The van der Waals surface area contributed by atoms with E-state index in [0.717, 1.165) is 39.1 Å². The van der Waals surface area contributed by atoms with E-state index in [9.17, 15) is 4.79 Å². The first-order chi connectivity index (χ1) is 12.8. The maximum atomic E-state index is 12.1. The maximum absolute atomic E-state index is 12.1. The molecule has 2 N–H and O–H groups in total. The number of hydrogen-bond donors (Lipinski definition) is 2. The van der Waals surface area contributed by atoms with Gasteiger partial charge in [0.05, 0.1) is 0 Å². The third-order valence-corrected chi connectivity index (χ3v) is 4.71. The van der Waals surface area contributed by atoms with Gasteiger partial charge in [-0.15, -0.1) is 0 Å². The van der Waals surface area contributed by atoms with Crippen LogP contribution in [0.4, 0.5) is 11.5 Å². The highest BCUT2D eigenvalue weighted by Gasteiger charge is 2.09. The van der Waals surface area contributed by atoms with Crippen molar-refractivity contribution in [3.05, 3.63) is 70.6 Å². The summed E-state index contributed by atoms with van der Waals surface area (Å²) < 4.78 is 1.54. The Bertz CT molecular complexity index is 929. The Labute approximate surface area is 152 Å². The lowest BCUT2D eigenvalue weighted by Crippen LogP contribution is -2.43. The van der Waals surface area contributed by atoms with E-state index in [1.54, 1.807) is 16.7 Å². The zero-order valence-corrected chi connectivity index (χ0v) is 14.7. The summed E-state index contributed by atoms with van der Waals surface area (Å²) in [5.41, 5.74) is 3.14. The molecule has 3 aromatic rings. The van der Waals surface area contributed by atoms with Crippen LogP contribution < -0.4 is 21.1 Å². The van der Waals surface area contributed by atoms with Gasteiger partial charge in [-0.2, -0.15) is 0 Å². The molecule has 2 aromatic heterocycles. The molecule has 1 fully saturated rings. The van der Waals surface area contributed by atoms with Crippen LogP contribution in [-0.4, -0.2) is 42.1 Å². The summed E-state index contributed by atoms with van der Waals surface area (Å²) >= 11 is 0. The van der Waals surface area contributed by atoms with Crippen LogP contribution in [0.5, 0.6) is 0 Å². The van der Waals surface area contributed by atoms with E-state index in [1.807, 2.05) is 18.2 Å². The minimum absolute atomic E-state index is 0.0709. The third kappa shape index (κ3) is 3.70. The van der Waals surface area contributed by atoms with Gasteiger partial charge >= 0.3 is 0 Å². The molecular weight excluding hydrogens is 326 g/mol. The third-order valence-electron chi connectivity index (χ3n) is 4.71. The number of rotatable bonds is 5. The average molecular weight is 349 g/mol. The molecule has 1 aromatic carbocycles. The standard InChI is InChI=1S/C20H23N5O/c26-20-15-18(23-19-3-1-2-12-25(19)20)22-9-8-16-4-6-17(7-5-16)24-13-10-21-11-14-24/h1-7,12,15,21-22H,8-11,13-14H2. The fourth-order valence-electron chi connectivity index (χ4n) is 3.28. The predicted molar refractivity (Wildman–Crippen MR) is 105 cm³/mol. The highest BCUT2D eigenvalue weighted by Crippen LogP contribution is 2.16. The van der Waals surface area contributed by atoms with Gasteiger partial charge in [0.25, 0.3) is 5.56 Å². The van der Waals surface area contributed by atoms with Gasteiger partial charge in [0.1, 0.15) is 11.5 Å². The SMILES string of the molecule is O=c1cc(NCCc2ccc(N3CCNCC3)cc2)nc2ccccn12. The monoisotopic (exact) mass is 349 g/mol. The Kier molecular flexibility index (Phi) is 4.84. The van der Waals surface area contributed by atoms with Crippen molar-refractivity contribution < 1.29 is 0 Å². The van der Waals surface area contributed by atoms with Crippen molar-refractivity contribution in [2.45, 2.75) is 6.42 Å². The van der Waals surface area contributed by atoms with Crippen molar-refractivity contribution in [2.75, 3.05) is 42.9 Å². The van der Waals surface area contributed by atoms with Crippen molar-refractivity contribution in [3.63, 3.8) is 0 Å². The molecule has 0 amide bonds. The largest absolute Gasteiger partial charge is 0.370 e. The van der Waals surface area contributed by atoms with Crippen molar-refractivity contribution in [1.29, 1.82) is 0 Å². The molecule has 0 radical (unpaired) electrons. The van der Waals surface area contributed by atoms with E-state index in [-0.39, 0.29) is 5.56 Å². The quantitative estimate of drug-likeness (QED) is 0.735. The fraction of sp³-hybridized carbons (Fsp3) is 0.300. The summed E-state index contributed by atoms with van der Waals surface area (Å²) in [7, 11) is 0. The number of anilines is 2. The maximum Gasteiger partial charge on any atom is 0.259 e. The van der Waals surface area contributed by atoms with Gasteiger partial charge in [-0.3, -0.25) is 9.20 Å². The van der Waals surface area contributed by atoms with Crippen molar-refractivity contribution >= 4 is 17.2 Å². The molecule has 0 bridgehead atoms. The summed E-state index contributed by atoms with van der Waals surface area (Å²) in [4.78, 5) is 19.0. The molecule has 6 nitrogen and oxygen atoms in total. The number of hydrogen-bond acceptors (Lipinski definition) is 5. The number of pyridine rings is 1. The Morgan fingerprint density at radius 1 is 1.08 bits per heavy atom. The Morgan fingerprint density at radius 3 is 2.69 bits per heavy atom. The molecule has 1 aliphatic heterocycles. The smallest absolute Gasteiger partial charge is 0.259 e. The first kappa shape index (κ1) is 16.6. The van der Waals surface area contributed by atoms with Gasteiger partial charge < -0.3 is 15.5 Å². The fourth-order valence-corrected chi connectivity index (χ4v) is 3.28. The van der Waals surface area contributed by atoms with Crippen LogP contribution in [0, 0.1) is 0 Å². The average Bonchev–Trinajstić information content (AvgIpc) is 2.69. The van der Waals surface area contributed by atoms with Gasteiger partial charge in [0.2, 0.25) is 0 Å². The predicted octanol–water partition coefficient (Wildman–Crippen LogP) is 1.76. The lowest BCUT2D eigenvalue weighted by molar-refractivity contribution is 0.589. The summed E-state index contributed by atoms with van der Waals surface area (Å²) in [5, 5.41) is 6.64. The van der Waals surface area contributed by atoms with E-state index in [4.69, 9.17) is 0 Å². The molecule has 0 saturated carbocycles. The number of nitrogens with zero attached hydrogens (tertiary/aromatic N) is 3. The molecule has 6 heteroatoms. The first-order valence-corrected chi connectivity index (χ1v) is 9.06. The van der Waals surface area contributed by atoms with E-state index in [1.165, 1.54) is 11.3 Å². The number of nitrogens with one attached hydrogen (secondary N) is 2. The minimum atomic E-state index is -0.0709. The molecule has 1 aliphatic rings. The normalized spacial score (nSPS) is 14.5. The summed E-state index contributed by atoms with van der Waals surface area (Å²) in [5.74, 6) is 0.624. The summed E-state index contributed by atoms with van der Waals surface area (Å²) in [6, 6.07) is 15.8. The molecule has 26 heavy (non-hydrogen) atoms. The van der Waals surface area contributed by atoms with Crippen LogP contribution >= 0.6 is 0 Å². The molecule has 4 rings (SSSR count). The number of benzene rings is 1. The number of piperazine rings is 1. The Balaban J connectivity index is 1.36. The van der Waals surface area contributed by atoms with E-state index < -0.39 is 0 Å². The van der Waals surface area contributed by atoms with Gasteiger partial charge in [-0.25, -0.2) is 4.98 Å². The highest BCUT2D eigenvalue weighted by atomic mass is 16.1. The van der Waals surface area contributed by atoms with Crippen LogP contribution in [0.1, 0.15) is 5.56 Å². The molecule has 1 saturated heterocycles. The number of aromatic nitrogens is 2. The Morgan fingerprint density at radius 2 is 1.88 bits per heavy atom. The molecule has 0 unspecified atom stereocenters. The zero-order chi connectivity index (χ0) is 17.8. The van der Waals surface area contributed by atoms with Crippen molar-refractivity contribution in [3.8, 4) is 0 Å². The van der Waals surface area contributed by atoms with E-state index >= 15 is 0 Å². The Hall–Kier alpha value is -2.86. The van der Waals surface area contributed by atoms with E-state index in [0.29, 0.717) is 11.5 Å². The first-order valence-electron chi connectivity index (χ1n) is 9.06. The molecule has 134 valence electrons.